The standard InChI is InChI=1S/C3H4F2.C3H5F/c1-3(5)2-4;1-2-3-4/h1-2H2;2-3H,1H3. The number of allylic oxidation sites excluding steroid dienone is 2. The molecule has 0 aliphatic heterocycles. The molecule has 9 heavy (non-hydrogen) atoms. The van der Waals surface area contributed by atoms with Crippen molar-refractivity contribution < 1.29 is 13.2 Å². The number of halogens is 3. The van der Waals surface area contributed by atoms with Gasteiger partial charge in [0.05, 0.1) is 6.33 Å². The van der Waals surface area contributed by atoms with Gasteiger partial charge in [0.1, 0.15) is 12.5 Å². The number of rotatable bonds is 1. The molecule has 0 aliphatic carbocycles. The minimum absolute atomic E-state index is 0.500. The molecular weight excluding hydrogens is 129 g/mol. The Labute approximate surface area is 52.7 Å². The van der Waals surface area contributed by atoms with Crippen LogP contribution in [0.3, 0.4) is 0 Å². The first-order chi connectivity index (χ1) is 4.18. The SMILES string of the molecule is C=C(F)CF.CC=CF. The van der Waals surface area contributed by atoms with E-state index < -0.39 is 12.5 Å². The quantitative estimate of drug-likeness (QED) is 0.522. The molecule has 0 fully saturated rings. The maximum atomic E-state index is 10.9. The van der Waals surface area contributed by atoms with E-state index >= 15 is 0 Å². The molecule has 3 heteroatoms. The van der Waals surface area contributed by atoms with Crippen LogP contribution in [0.1, 0.15) is 6.92 Å². The fraction of sp³-hybridized carbons (Fsp3) is 0.333. The summed E-state index contributed by atoms with van der Waals surface area (Å²) in [5.41, 5.74) is 0. The van der Waals surface area contributed by atoms with Crippen LogP contribution in [0.2, 0.25) is 0 Å². The van der Waals surface area contributed by atoms with Gasteiger partial charge in [-0.3, -0.25) is 0 Å². The zero-order chi connectivity index (χ0) is 7.70. The molecule has 0 aromatic carbocycles. The van der Waals surface area contributed by atoms with E-state index in [-0.39, 0.29) is 0 Å². The lowest BCUT2D eigenvalue weighted by Crippen LogP contribution is -1.65. The topological polar surface area (TPSA) is 0 Å². The largest absolute Gasteiger partial charge is 0.243 e. The minimum atomic E-state index is -1.06. The highest BCUT2D eigenvalue weighted by Gasteiger charge is 1.78. The second kappa shape index (κ2) is 10.3. The third kappa shape index (κ3) is 39.2. The van der Waals surface area contributed by atoms with E-state index in [1.165, 1.54) is 6.08 Å². The Bertz CT molecular complexity index is 82.3. The van der Waals surface area contributed by atoms with Crippen molar-refractivity contribution in [3.8, 4) is 0 Å². The highest BCUT2D eigenvalue weighted by atomic mass is 19.2. The number of hydrogen-bond acceptors (Lipinski definition) is 0. The van der Waals surface area contributed by atoms with Gasteiger partial charge in [-0.05, 0) is 6.92 Å². The molecule has 0 aromatic rings. The Kier molecular flexibility index (Phi) is 12.7. The van der Waals surface area contributed by atoms with Gasteiger partial charge in [0, 0.05) is 0 Å². The van der Waals surface area contributed by atoms with E-state index in [1.54, 1.807) is 6.92 Å². The van der Waals surface area contributed by atoms with Crippen molar-refractivity contribution in [2.75, 3.05) is 6.67 Å². The van der Waals surface area contributed by atoms with Gasteiger partial charge >= 0.3 is 0 Å². The van der Waals surface area contributed by atoms with Gasteiger partial charge in [-0.15, -0.1) is 0 Å². The van der Waals surface area contributed by atoms with Crippen molar-refractivity contribution in [2.45, 2.75) is 6.92 Å². The van der Waals surface area contributed by atoms with Crippen molar-refractivity contribution in [3.63, 3.8) is 0 Å². The molecule has 0 unspecified atom stereocenters. The second-order valence-corrected chi connectivity index (χ2v) is 1.11. The molecule has 0 nitrogen and oxygen atoms in total. The van der Waals surface area contributed by atoms with E-state index in [4.69, 9.17) is 0 Å². The number of alkyl halides is 1. The van der Waals surface area contributed by atoms with Crippen LogP contribution in [0.4, 0.5) is 13.2 Å². The molecule has 0 saturated heterocycles. The van der Waals surface area contributed by atoms with Gasteiger partial charge in [-0.2, -0.15) is 0 Å². The van der Waals surface area contributed by atoms with Gasteiger partial charge in [0.25, 0.3) is 0 Å². The summed E-state index contributed by atoms with van der Waals surface area (Å²) in [5, 5.41) is 0. The van der Waals surface area contributed by atoms with E-state index in [1.807, 2.05) is 0 Å². The van der Waals surface area contributed by atoms with E-state index in [0.717, 1.165) is 0 Å². The monoisotopic (exact) mass is 138 g/mol. The summed E-state index contributed by atoms with van der Waals surface area (Å²) in [7, 11) is 0. The van der Waals surface area contributed by atoms with Crippen molar-refractivity contribution >= 4 is 0 Å². The van der Waals surface area contributed by atoms with Crippen LogP contribution in [-0.2, 0) is 0 Å². The summed E-state index contributed by atoms with van der Waals surface area (Å²) in [6.45, 7) is 3.20. The van der Waals surface area contributed by atoms with Crippen LogP contribution >= 0.6 is 0 Å². The van der Waals surface area contributed by atoms with Crippen LogP contribution in [0.25, 0.3) is 0 Å². The Morgan fingerprint density at radius 3 is 1.89 bits per heavy atom. The zero-order valence-corrected chi connectivity index (χ0v) is 5.20. The van der Waals surface area contributed by atoms with Crippen LogP contribution in [0.15, 0.2) is 24.8 Å². The molecule has 0 spiro atoms. The molecule has 0 radical (unpaired) electrons. The predicted octanol–water partition coefficient (Wildman–Crippen LogP) is 2.93. The highest BCUT2D eigenvalue weighted by molar-refractivity contribution is 4.76. The molecule has 0 N–H and O–H groups in total. The molecule has 0 rings (SSSR count). The summed E-state index contributed by atoms with van der Waals surface area (Å²) in [6, 6.07) is 0. The fourth-order valence-electron chi connectivity index (χ4n) is 0. The van der Waals surface area contributed by atoms with Crippen LogP contribution in [0.5, 0.6) is 0 Å². The first kappa shape index (κ1) is 11.1. The average Bonchev–Trinajstić information content (AvgIpc) is 1.89. The summed E-state index contributed by atoms with van der Waals surface area (Å²) in [5.74, 6) is -0.912. The van der Waals surface area contributed by atoms with Crippen LogP contribution < -0.4 is 0 Å². The van der Waals surface area contributed by atoms with Gasteiger partial charge in [-0.1, -0.05) is 12.7 Å². The van der Waals surface area contributed by atoms with E-state index in [0.29, 0.717) is 6.33 Å². The van der Waals surface area contributed by atoms with Crippen molar-refractivity contribution in [3.05, 3.63) is 24.8 Å². The Hall–Kier alpha value is -0.730. The summed E-state index contributed by atoms with van der Waals surface area (Å²) in [6.07, 6.45) is 1.83. The average molecular weight is 138 g/mol. The first-order valence-electron chi connectivity index (χ1n) is 2.29. The Morgan fingerprint density at radius 2 is 1.89 bits per heavy atom. The predicted molar refractivity (Wildman–Crippen MR) is 32.1 cm³/mol. The lowest BCUT2D eigenvalue weighted by Gasteiger charge is -1.71. The lowest BCUT2D eigenvalue weighted by molar-refractivity contribution is 0.462. The third-order valence-corrected chi connectivity index (χ3v) is 0.271. The smallest absolute Gasteiger partial charge is 0.140 e. The first-order valence-corrected chi connectivity index (χ1v) is 2.29. The molecule has 0 heterocycles. The van der Waals surface area contributed by atoms with Crippen LogP contribution in [-0.4, -0.2) is 6.67 Å². The van der Waals surface area contributed by atoms with Gasteiger partial charge in [-0.25, -0.2) is 13.2 Å². The van der Waals surface area contributed by atoms with Crippen molar-refractivity contribution in [1.29, 1.82) is 0 Å². The molecule has 0 aliphatic rings. The highest BCUT2D eigenvalue weighted by Crippen LogP contribution is 1.87. The molecular formula is C6H9F3. The molecule has 0 aromatic heterocycles. The molecule has 0 atom stereocenters. The molecule has 0 bridgehead atoms. The summed E-state index contributed by atoms with van der Waals surface area (Å²) < 4.78 is 32.0. The van der Waals surface area contributed by atoms with E-state index in [2.05, 4.69) is 6.58 Å². The van der Waals surface area contributed by atoms with Crippen molar-refractivity contribution in [2.24, 2.45) is 0 Å². The Morgan fingerprint density at radius 1 is 1.67 bits per heavy atom. The molecule has 54 valence electrons. The van der Waals surface area contributed by atoms with Gasteiger partial charge < -0.3 is 0 Å². The fourth-order valence-corrected chi connectivity index (χ4v) is 0. The lowest BCUT2D eigenvalue weighted by atomic mass is 10.7. The zero-order valence-electron chi connectivity index (χ0n) is 5.20. The van der Waals surface area contributed by atoms with E-state index in [9.17, 15) is 13.2 Å². The summed E-state index contributed by atoms with van der Waals surface area (Å²) in [4.78, 5) is 0. The van der Waals surface area contributed by atoms with Crippen LogP contribution in [0, 0.1) is 0 Å². The maximum absolute atomic E-state index is 10.9. The minimum Gasteiger partial charge on any atom is -0.243 e. The van der Waals surface area contributed by atoms with Crippen molar-refractivity contribution in [1.82, 2.24) is 0 Å². The normalized spacial score (nSPS) is 8.44. The molecule has 0 amide bonds. The second-order valence-electron chi connectivity index (χ2n) is 1.11. The van der Waals surface area contributed by atoms with Gasteiger partial charge in [0.15, 0.2) is 0 Å². The van der Waals surface area contributed by atoms with Gasteiger partial charge in [0.2, 0.25) is 0 Å². The number of hydrogen-bond donors (Lipinski definition) is 0. The Balaban J connectivity index is 0. The molecule has 0 saturated carbocycles. The third-order valence-electron chi connectivity index (χ3n) is 0.271. The maximum Gasteiger partial charge on any atom is 0.140 e. The summed E-state index contributed by atoms with van der Waals surface area (Å²) >= 11 is 0.